The minimum Gasteiger partial charge on any atom is -0.453 e. The molecule has 326 valence electrons. The summed E-state index contributed by atoms with van der Waals surface area (Å²) < 4.78 is 4.84. The lowest BCUT2D eigenvalue weighted by Gasteiger charge is -2.38. The van der Waals surface area contributed by atoms with Crippen LogP contribution in [0.25, 0.3) is 11.3 Å². The number of aryl methyl sites for hydroxylation is 2. The van der Waals surface area contributed by atoms with Gasteiger partial charge in [0, 0.05) is 36.1 Å². The average Bonchev–Trinajstić information content (AvgIpc) is 3.53. The zero-order valence-corrected chi connectivity index (χ0v) is 37.1. The number of hydrogen-bond acceptors (Lipinski definition) is 8. The van der Waals surface area contributed by atoms with E-state index in [9.17, 15) is 24.3 Å². The summed E-state index contributed by atoms with van der Waals surface area (Å²) in [4.78, 5) is 67.6. The van der Waals surface area contributed by atoms with Gasteiger partial charge in [-0.1, -0.05) is 108 Å². The van der Waals surface area contributed by atoms with Crippen molar-refractivity contribution in [3.05, 3.63) is 119 Å². The number of nitrogens with zero attached hydrogens (tertiary/aromatic N) is 4. The SMILES string of the molecule is COC(=O)N[C@H](C(=O)N[C@@H](Cc1ccc(-c2cccc(C)n2)cc1)[C@@H](O)C[C@H](Cc1ccccc1)NC(=O)[C@@H](N1CCN(Cc2cccc(C)n2)C1=O)C(C)(C)C)C(C)(C)C. The minimum atomic E-state index is -1.16. The summed E-state index contributed by atoms with van der Waals surface area (Å²) in [6.45, 7) is 16.3. The second-order valence-electron chi connectivity index (χ2n) is 18.2. The van der Waals surface area contributed by atoms with Crippen LogP contribution in [-0.4, -0.2) is 99.3 Å². The Labute approximate surface area is 360 Å². The van der Waals surface area contributed by atoms with E-state index in [1.165, 1.54) is 7.11 Å². The third-order valence-electron chi connectivity index (χ3n) is 11.0. The monoisotopic (exact) mass is 833 g/mol. The normalized spacial score (nSPS) is 15.7. The van der Waals surface area contributed by atoms with E-state index in [0.29, 0.717) is 26.1 Å². The van der Waals surface area contributed by atoms with Gasteiger partial charge in [-0.3, -0.25) is 19.6 Å². The van der Waals surface area contributed by atoms with Crippen LogP contribution in [0.15, 0.2) is 91.0 Å². The standard InChI is InChI=1S/C48H63N7O6/c1-31-15-13-19-36(49-31)30-54-25-26-55(46(54)60)42(48(6,7)8)44(58)51-37(27-33-17-11-10-12-18-33)29-40(56)39(52-43(57)41(47(3,4)5)53-45(59)61-9)28-34-21-23-35(24-22-34)38-20-14-16-32(2)50-38/h10-24,37,39-42,56H,25-30H2,1-9H3,(H,51,58)(H,52,57)(H,53,59)/t37-,39-,40-,41+,42+/m0/s1. The Bertz CT molecular complexity index is 2120. The Hall–Kier alpha value is -5.82. The van der Waals surface area contributed by atoms with E-state index in [-0.39, 0.29) is 24.8 Å². The van der Waals surface area contributed by atoms with Crippen molar-refractivity contribution in [2.75, 3.05) is 20.2 Å². The molecule has 0 bridgehead atoms. The number of carbonyl (C=O) groups excluding carboxylic acids is 4. The number of benzene rings is 2. The maximum Gasteiger partial charge on any atom is 0.407 e. The third-order valence-corrected chi connectivity index (χ3v) is 11.0. The summed E-state index contributed by atoms with van der Waals surface area (Å²) in [7, 11) is 1.24. The van der Waals surface area contributed by atoms with Crippen molar-refractivity contribution in [3.63, 3.8) is 0 Å². The lowest BCUT2D eigenvalue weighted by Crippen LogP contribution is -2.59. The van der Waals surface area contributed by atoms with E-state index in [4.69, 9.17) is 4.74 Å². The maximum absolute atomic E-state index is 14.6. The lowest BCUT2D eigenvalue weighted by molar-refractivity contribution is -0.130. The van der Waals surface area contributed by atoms with Crippen LogP contribution in [0.2, 0.25) is 0 Å². The van der Waals surface area contributed by atoms with Gasteiger partial charge >= 0.3 is 12.1 Å². The first-order valence-electron chi connectivity index (χ1n) is 21.0. The number of nitrogens with one attached hydrogen (secondary N) is 3. The third kappa shape index (κ3) is 12.8. The molecule has 2 aromatic carbocycles. The first kappa shape index (κ1) is 46.2. The van der Waals surface area contributed by atoms with Crippen molar-refractivity contribution in [3.8, 4) is 11.3 Å². The molecule has 2 aromatic heterocycles. The van der Waals surface area contributed by atoms with Gasteiger partial charge in [0.2, 0.25) is 11.8 Å². The molecule has 5 rings (SSSR count). The number of amides is 5. The van der Waals surface area contributed by atoms with Gasteiger partial charge in [-0.2, -0.15) is 0 Å². The van der Waals surface area contributed by atoms with Crippen molar-refractivity contribution in [2.24, 2.45) is 10.8 Å². The highest BCUT2D eigenvalue weighted by Crippen LogP contribution is 2.29. The van der Waals surface area contributed by atoms with Gasteiger partial charge in [0.1, 0.15) is 12.1 Å². The fraction of sp³-hybridized carbons (Fsp3) is 0.458. The number of carbonyl (C=O) groups is 4. The predicted molar refractivity (Wildman–Crippen MR) is 236 cm³/mol. The largest absolute Gasteiger partial charge is 0.453 e. The molecular weight excluding hydrogens is 771 g/mol. The number of urea groups is 1. The minimum absolute atomic E-state index is 0.0669. The Morgan fingerprint density at radius 2 is 1.38 bits per heavy atom. The fourth-order valence-corrected chi connectivity index (χ4v) is 7.87. The molecule has 13 nitrogen and oxygen atoms in total. The second kappa shape index (κ2) is 20.2. The Balaban J connectivity index is 1.42. The Morgan fingerprint density at radius 1 is 0.738 bits per heavy atom. The van der Waals surface area contributed by atoms with E-state index in [1.54, 1.807) is 9.80 Å². The van der Waals surface area contributed by atoms with Crippen molar-refractivity contribution in [1.82, 2.24) is 35.7 Å². The van der Waals surface area contributed by atoms with Gasteiger partial charge in [0.25, 0.3) is 0 Å². The van der Waals surface area contributed by atoms with Crippen molar-refractivity contribution < 1.29 is 29.0 Å². The van der Waals surface area contributed by atoms with Crippen LogP contribution in [0, 0.1) is 24.7 Å². The molecule has 0 radical (unpaired) electrons. The van der Waals surface area contributed by atoms with E-state index >= 15 is 0 Å². The molecule has 1 aliphatic rings. The van der Waals surface area contributed by atoms with E-state index < -0.39 is 53.1 Å². The number of pyridine rings is 2. The molecule has 5 atom stereocenters. The maximum atomic E-state index is 14.6. The van der Waals surface area contributed by atoms with Crippen LogP contribution in [0.3, 0.4) is 0 Å². The molecule has 4 N–H and O–H groups in total. The van der Waals surface area contributed by atoms with Gasteiger partial charge in [-0.25, -0.2) is 9.59 Å². The molecule has 0 aliphatic carbocycles. The Morgan fingerprint density at radius 3 is 1.98 bits per heavy atom. The number of hydrogen-bond donors (Lipinski definition) is 4. The summed E-state index contributed by atoms with van der Waals surface area (Å²) in [5, 5.41) is 21.2. The number of ether oxygens (including phenoxy) is 1. The highest BCUT2D eigenvalue weighted by molar-refractivity contribution is 5.89. The highest BCUT2D eigenvalue weighted by Gasteiger charge is 2.44. The molecule has 61 heavy (non-hydrogen) atoms. The molecular formula is C48H63N7O6. The van der Waals surface area contributed by atoms with Crippen molar-refractivity contribution in [1.29, 1.82) is 0 Å². The second-order valence-corrected chi connectivity index (χ2v) is 18.2. The number of aliphatic hydroxyl groups excluding tert-OH is 1. The van der Waals surface area contributed by atoms with Gasteiger partial charge in [-0.05, 0) is 79.3 Å². The first-order chi connectivity index (χ1) is 28.8. The molecule has 1 fully saturated rings. The topological polar surface area (TPSA) is 166 Å². The summed E-state index contributed by atoms with van der Waals surface area (Å²) in [6, 6.07) is 25.6. The van der Waals surface area contributed by atoms with Gasteiger partial charge < -0.3 is 35.6 Å². The van der Waals surface area contributed by atoms with E-state index in [2.05, 4.69) is 25.9 Å². The molecule has 0 unspecified atom stereocenters. The smallest absolute Gasteiger partial charge is 0.407 e. The van der Waals surface area contributed by atoms with E-state index in [1.807, 2.05) is 146 Å². The number of aliphatic hydroxyl groups is 1. The quantitative estimate of drug-likeness (QED) is 0.101. The molecule has 1 saturated heterocycles. The average molecular weight is 834 g/mol. The summed E-state index contributed by atoms with van der Waals surface area (Å²) in [5.74, 6) is -0.822. The number of rotatable bonds is 16. The lowest BCUT2D eigenvalue weighted by atomic mass is 9.84. The summed E-state index contributed by atoms with van der Waals surface area (Å²) in [6.07, 6.45) is -1.22. The zero-order valence-electron chi connectivity index (χ0n) is 37.1. The van der Waals surface area contributed by atoms with E-state index in [0.717, 1.165) is 39.5 Å². The fourth-order valence-electron chi connectivity index (χ4n) is 7.87. The molecule has 5 amide bonds. The first-order valence-corrected chi connectivity index (χ1v) is 21.0. The molecule has 0 spiro atoms. The predicted octanol–water partition coefficient (Wildman–Crippen LogP) is 6.39. The highest BCUT2D eigenvalue weighted by atomic mass is 16.5. The van der Waals surface area contributed by atoms with Crippen LogP contribution < -0.4 is 16.0 Å². The van der Waals surface area contributed by atoms with Gasteiger partial charge in [0.15, 0.2) is 0 Å². The van der Waals surface area contributed by atoms with Crippen LogP contribution >= 0.6 is 0 Å². The zero-order chi connectivity index (χ0) is 44.5. The molecule has 13 heteroatoms. The Kier molecular flexibility index (Phi) is 15.3. The number of aromatic nitrogens is 2. The molecule has 3 heterocycles. The van der Waals surface area contributed by atoms with Crippen molar-refractivity contribution in [2.45, 2.75) is 111 Å². The summed E-state index contributed by atoms with van der Waals surface area (Å²) >= 11 is 0. The number of methoxy groups -OCH3 is 1. The van der Waals surface area contributed by atoms with Crippen molar-refractivity contribution >= 4 is 23.9 Å². The molecule has 4 aromatic rings. The van der Waals surface area contributed by atoms with Crippen LogP contribution in [0.4, 0.5) is 9.59 Å². The molecule has 0 saturated carbocycles. The number of alkyl carbamates (subject to hydrolysis) is 1. The van der Waals surface area contributed by atoms with Crippen LogP contribution in [-0.2, 0) is 33.7 Å². The van der Waals surface area contributed by atoms with Gasteiger partial charge in [-0.15, -0.1) is 0 Å². The van der Waals surface area contributed by atoms with Crippen LogP contribution in [0.1, 0.15) is 76.2 Å². The van der Waals surface area contributed by atoms with Gasteiger partial charge in [0.05, 0.1) is 37.2 Å². The molecule has 1 aliphatic heterocycles. The summed E-state index contributed by atoms with van der Waals surface area (Å²) in [5.41, 5.74) is 4.74. The van der Waals surface area contributed by atoms with Crippen LogP contribution in [0.5, 0.6) is 0 Å².